The van der Waals surface area contributed by atoms with E-state index in [0.29, 0.717) is 29.1 Å². The number of aromatic amines is 1. The molecule has 0 bridgehead atoms. The van der Waals surface area contributed by atoms with Crippen LogP contribution in [-0.2, 0) is 25.7 Å². The number of aryl methyl sites for hydroxylation is 2. The Labute approximate surface area is 170 Å². The molecule has 4 N–H and O–H groups in total. The van der Waals surface area contributed by atoms with Crippen LogP contribution in [0.1, 0.15) is 47.8 Å². The molecule has 2 aromatic carbocycles. The Kier molecular flexibility index (Phi) is 5.43. The number of rotatable bonds is 6. The molecule has 0 spiro atoms. The third-order valence-corrected chi connectivity index (χ3v) is 6.08. The number of hydrogen-bond donors (Lipinski definition) is 4. The predicted octanol–water partition coefficient (Wildman–Crippen LogP) is 3.15. The number of aliphatic hydroxyl groups is 1. The molecule has 0 unspecified atom stereocenters. The Morgan fingerprint density at radius 1 is 1.10 bits per heavy atom. The van der Waals surface area contributed by atoms with Crippen molar-refractivity contribution in [3.05, 3.63) is 74.6 Å². The second kappa shape index (κ2) is 8.01. The van der Waals surface area contributed by atoms with Crippen molar-refractivity contribution in [3.8, 4) is 5.75 Å². The van der Waals surface area contributed by atoms with E-state index in [0.717, 1.165) is 25.7 Å². The second-order valence-corrected chi connectivity index (χ2v) is 7.92. The minimum atomic E-state index is -0.731. The van der Waals surface area contributed by atoms with Gasteiger partial charge in [0.25, 0.3) is 5.56 Å². The van der Waals surface area contributed by atoms with Crippen molar-refractivity contribution in [2.24, 2.45) is 0 Å². The SMILES string of the molecule is CCc1cc2c(cc1CC)CC(NC[C@H](O)c1cccc3[nH]c(=O)c(O)cc13)C2. The van der Waals surface area contributed by atoms with Crippen molar-refractivity contribution in [2.45, 2.75) is 51.7 Å². The summed E-state index contributed by atoms with van der Waals surface area (Å²) in [6.07, 6.45) is 3.34. The smallest absolute Gasteiger partial charge is 0.290 e. The molecule has 1 aliphatic rings. The van der Waals surface area contributed by atoms with Crippen LogP contribution in [0.4, 0.5) is 0 Å². The van der Waals surface area contributed by atoms with E-state index in [4.69, 9.17) is 0 Å². The summed E-state index contributed by atoms with van der Waals surface area (Å²) in [5.74, 6) is -0.338. The highest BCUT2D eigenvalue weighted by molar-refractivity contribution is 5.83. The topological polar surface area (TPSA) is 85.4 Å². The minimum Gasteiger partial charge on any atom is -0.503 e. The number of aromatic nitrogens is 1. The number of pyridine rings is 1. The summed E-state index contributed by atoms with van der Waals surface area (Å²) in [6.45, 7) is 4.83. The molecule has 0 aliphatic heterocycles. The third kappa shape index (κ3) is 3.80. The van der Waals surface area contributed by atoms with Gasteiger partial charge in [0.05, 0.1) is 6.10 Å². The first kappa shape index (κ1) is 19.7. The van der Waals surface area contributed by atoms with E-state index in [-0.39, 0.29) is 5.75 Å². The lowest BCUT2D eigenvalue weighted by Crippen LogP contribution is -2.33. The molecule has 152 valence electrons. The first-order valence-corrected chi connectivity index (χ1v) is 10.4. The first-order valence-electron chi connectivity index (χ1n) is 10.4. The van der Waals surface area contributed by atoms with Gasteiger partial charge in [0.15, 0.2) is 5.75 Å². The van der Waals surface area contributed by atoms with Crippen LogP contribution in [-0.4, -0.2) is 27.8 Å². The van der Waals surface area contributed by atoms with Gasteiger partial charge in [-0.1, -0.05) is 38.1 Å². The lowest BCUT2D eigenvalue weighted by molar-refractivity contribution is 0.171. The third-order valence-electron chi connectivity index (χ3n) is 6.08. The number of nitrogens with one attached hydrogen (secondary N) is 2. The molecule has 1 heterocycles. The number of fused-ring (bicyclic) bond motifs is 2. The molecular formula is C24H28N2O3. The van der Waals surface area contributed by atoms with Gasteiger partial charge in [-0.15, -0.1) is 0 Å². The lowest BCUT2D eigenvalue weighted by atomic mass is 9.97. The Morgan fingerprint density at radius 2 is 1.76 bits per heavy atom. The van der Waals surface area contributed by atoms with Crippen molar-refractivity contribution in [3.63, 3.8) is 0 Å². The fraction of sp³-hybridized carbons (Fsp3) is 0.375. The average Bonchev–Trinajstić information content (AvgIpc) is 3.13. The highest BCUT2D eigenvalue weighted by atomic mass is 16.3. The van der Waals surface area contributed by atoms with Crippen LogP contribution < -0.4 is 10.9 Å². The Balaban J connectivity index is 1.48. The van der Waals surface area contributed by atoms with Gasteiger partial charge >= 0.3 is 0 Å². The van der Waals surface area contributed by atoms with Crippen LogP contribution in [0.3, 0.4) is 0 Å². The fourth-order valence-corrected chi connectivity index (χ4v) is 4.50. The molecular weight excluding hydrogens is 364 g/mol. The molecule has 0 saturated carbocycles. The van der Waals surface area contributed by atoms with Gasteiger partial charge in [0, 0.05) is 23.5 Å². The van der Waals surface area contributed by atoms with Crippen molar-refractivity contribution in [1.29, 1.82) is 0 Å². The lowest BCUT2D eigenvalue weighted by Gasteiger charge is -2.18. The summed E-state index contributed by atoms with van der Waals surface area (Å²) < 4.78 is 0. The van der Waals surface area contributed by atoms with E-state index >= 15 is 0 Å². The zero-order valence-corrected chi connectivity index (χ0v) is 17.0. The molecule has 0 fully saturated rings. The molecule has 1 aliphatic carbocycles. The van der Waals surface area contributed by atoms with E-state index in [1.54, 1.807) is 12.1 Å². The molecule has 4 rings (SSSR count). The molecule has 0 saturated heterocycles. The maximum atomic E-state index is 11.6. The Hall–Kier alpha value is -2.63. The maximum absolute atomic E-state index is 11.6. The van der Waals surface area contributed by atoms with Crippen molar-refractivity contribution >= 4 is 10.9 Å². The predicted molar refractivity (Wildman–Crippen MR) is 116 cm³/mol. The Morgan fingerprint density at radius 3 is 2.38 bits per heavy atom. The molecule has 29 heavy (non-hydrogen) atoms. The van der Waals surface area contributed by atoms with Gasteiger partial charge < -0.3 is 20.5 Å². The largest absolute Gasteiger partial charge is 0.503 e. The summed E-state index contributed by atoms with van der Waals surface area (Å²) in [5.41, 5.74) is 6.49. The molecule has 1 aromatic heterocycles. The molecule has 5 heteroatoms. The fourth-order valence-electron chi connectivity index (χ4n) is 4.50. The van der Waals surface area contributed by atoms with Crippen LogP contribution >= 0.6 is 0 Å². The average molecular weight is 392 g/mol. The van der Waals surface area contributed by atoms with E-state index in [9.17, 15) is 15.0 Å². The van der Waals surface area contributed by atoms with E-state index in [1.807, 2.05) is 6.07 Å². The monoisotopic (exact) mass is 392 g/mol. The number of aliphatic hydroxyl groups excluding tert-OH is 1. The number of benzene rings is 2. The van der Waals surface area contributed by atoms with Crippen LogP contribution in [0.25, 0.3) is 10.9 Å². The number of hydrogen-bond acceptors (Lipinski definition) is 4. The summed E-state index contributed by atoms with van der Waals surface area (Å²) in [5, 5.41) is 24.7. The number of aromatic hydroxyl groups is 1. The van der Waals surface area contributed by atoms with Crippen LogP contribution in [0.2, 0.25) is 0 Å². The van der Waals surface area contributed by atoms with E-state index in [1.165, 1.54) is 28.3 Å². The van der Waals surface area contributed by atoms with Gasteiger partial charge in [-0.2, -0.15) is 0 Å². The van der Waals surface area contributed by atoms with Crippen molar-refractivity contribution in [1.82, 2.24) is 10.3 Å². The zero-order chi connectivity index (χ0) is 20.5. The summed E-state index contributed by atoms with van der Waals surface area (Å²) in [4.78, 5) is 14.3. The molecule has 0 radical (unpaired) electrons. The van der Waals surface area contributed by atoms with Crippen LogP contribution in [0, 0.1) is 0 Å². The molecule has 0 amide bonds. The maximum Gasteiger partial charge on any atom is 0.290 e. The van der Waals surface area contributed by atoms with Gasteiger partial charge in [-0.25, -0.2) is 0 Å². The highest BCUT2D eigenvalue weighted by Gasteiger charge is 2.23. The van der Waals surface area contributed by atoms with Crippen molar-refractivity contribution in [2.75, 3.05) is 6.54 Å². The summed E-state index contributed by atoms with van der Waals surface area (Å²) in [7, 11) is 0. The van der Waals surface area contributed by atoms with Crippen LogP contribution in [0.15, 0.2) is 41.2 Å². The quantitative estimate of drug-likeness (QED) is 0.519. The minimum absolute atomic E-state index is 0.305. The highest BCUT2D eigenvalue weighted by Crippen LogP contribution is 2.28. The van der Waals surface area contributed by atoms with Gasteiger partial charge in [0.1, 0.15) is 0 Å². The summed E-state index contributed by atoms with van der Waals surface area (Å²) >= 11 is 0. The van der Waals surface area contributed by atoms with E-state index < -0.39 is 11.7 Å². The van der Waals surface area contributed by atoms with Gasteiger partial charge in [-0.3, -0.25) is 4.79 Å². The normalized spacial score (nSPS) is 15.0. The van der Waals surface area contributed by atoms with Crippen molar-refractivity contribution < 1.29 is 10.2 Å². The van der Waals surface area contributed by atoms with E-state index in [2.05, 4.69) is 36.3 Å². The molecule has 3 aromatic rings. The standard InChI is InChI=1S/C24H28N2O3/c1-3-14-8-16-10-18(11-17(16)9-15(14)4-2)25-13-23(28)19-6-5-7-21-20(19)12-22(27)24(29)26-21/h5-9,12,18,23,25,27-28H,3-4,10-11,13H2,1-2H3,(H,26,29)/t23-/m0/s1. The second-order valence-electron chi connectivity index (χ2n) is 7.92. The van der Waals surface area contributed by atoms with Gasteiger partial charge in [0.2, 0.25) is 0 Å². The first-order chi connectivity index (χ1) is 14.0. The summed E-state index contributed by atoms with van der Waals surface area (Å²) in [6, 6.07) is 11.8. The zero-order valence-electron chi connectivity index (χ0n) is 17.0. The number of H-pyrrole nitrogens is 1. The Bertz CT molecular complexity index is 1070. The molecule has 5 nitrogen and oxygen atoms in total. The molecule has 1 atom stereocenters. The van der Waals surface area contributed by atoms with Crippen LogP contribution in [0.5, 0.6) is 5.75 Å². The van der Waals surface area contributed by atoms with Gasteiger partial charge in [-0.05, 0) is 65.6 Å².